The highest BCUT2D eigenvalue weighted by Gasteiger charge is 2.19. The summed E-state index contributed by atoms with van der Waals surface area (Å²) in [7, 11) is 1.57. The predicted octanol–water partition coefficient (Wildman–Crippen LogP) is 3.72. The maximum atomic E-state index is 13.2. The van der Waals surface area contributed by atoms with Gasteiger partial charge in [0.25, 0.3) is 5.91 Å². The van der Waals surface area contributed by atoms with Gasteiger partial charge in [-0.1, -0.05) is 12.1 Å². The number of rotatable bonds is 7. The Morgan fingerprint density at radius 2 is 1.80 bits per heavy atom. The zero-order valence-corrected chi connectivity index (χ0v) is 17.1. The van der Waals surface area contributed by atoms with Crippen LogP contribution < -0.4 is 10.1 Å². The van der Waals surface area contributed by atoms with Crippen LogP contribution in [0.3, 0.4) is 0 Å². The van der Waals surface area contributed by atoms with E-state index in [1.165, 1.54) is 12.1 Å². The molecule has 1 aromatic heterocycles. The molecule has 1 N–H and O–H groups in total. The fourth-order valence-electron chi connectivity index (χ4n) is 3.20. The number of amides is 1. The van der Waals surface area contributed by atoms with Crippen LogP contribution in [-0.4, -0.2) is 30.2 Å². The lowest BCUT2D eigenvalue weighted by Crippen LogP contribution is -2.28. The molecular formula is C23H23FN2O4. The quantitative estimate of drug-likeness (QED) is 0.603. The van der Waals surface area contributed by atoms with Crippen LogP contribution in [0.5, 0.6) is 5.75 Å². The van der Waals surface area contributed by atoms with Gasteiger partial charge in [-0.3, -0.25) is 4.79 Å². The first kappa shape index (κ1) is 21.1. The molecule has 0 saturated carbocycles. The zero-order valence-electron chi connectivity index (χ0n) is 17.1. The smallest absolute Gasteiger partial charge is 0.340 e. The van der Waals surface area contributed by atoms with Gasteiger partial charge in [0.05, 0.1) is 12.7 Å². The summed E-state index contributed by atoms with van der Waals surface area (Å²) in [6.07, 6.45) is 0. The number of halogens is 1. The van der Waals surface area contributed by atoms with Crippen LogP contribution in [0, 0.1) is 19.7 Å². The minimum Gasteiger partial charge on any atom is -0.497 e. The number of benzene rings is 2. The maximum Gasteiger partial charge on any atom is 0.340 e. The topological polar surface area (TPSA) is 69.6 Å². The zero-order chi connectivity index (χ0) is 21.7. The number of hydrogen-bond acceptors (Lipinski definition) is 4. The van der Waals surface area contributed by atoms with Gasteiger partial charge in [-0.2, -0.15) is 0 Å². The average Bonchev–Trinajstić information content (AvgIpc) is 3.05. The third-order valence-electron chi connectivity index (χ3n) is 4.69. The Bertz CT molecular complexity index is 1060. The normalized spacial score (nSPS) is 10.5. The molecule has 0 aliphatic carbocycles. The molecule has 1 amide bonds. The van der Waals surface area contributed by atoms with Gasteiger partial charge in [-0.05, 0) is 61.9 Å². The Hall–Kier alpha value is -3.61. The standard InChI is InChI=1S/C23H23FN2O4/c1-15-11-21(16(2)26(15)19-9-7-18(24)8-10-19)23(28)30-14-22(27)25-13-17-5-4-6-20(12-17)29-3/h4-12H,13-14H2,1-3H3,(H,25,27). The molecule has 0 spiro atoms. The first-order valence-electron chi connectivity index (χ1n) is 9.40. The number of nitrogens with zero attached hydrogens (tertiary/aromatic N) is 1. The number of aromatic nitrogens is 1. The molecule has 0 bridgehead atoms. The van der Waals surface area contributed by atoms with Crippen LogP contribution in [0.2, 0.25) is 0 Å². The fraction of sp³-hybridized carbons (Fsp3) is 0.217. The lowest BCUT2D eigenvalue weighted by atomic mass is 10.2. The number of ether oxygens (including phenoxy) is 2. The fourth-order valence-corrected chi connectivity index (χ4v) is 3.20. The van der Waals surface area contributed by atoms with Gasteiger partial charge in [-0.25, -0.2) is 9.18 Å². The third kappa shape index (κ3) is 4.86. The molecule has 0 radical (unpaired) electrons. The maximum absolute atomic E-state index is 13.2. The van der Waals surface area contributed by atoms with Crippen molar-refractivity contribution in [2.24, 2.45) is 0 Å². The van der Waals surface area contributed by atoms with E-state index < -0.39 is 11.9 Å². The van der Waals surface area contributed by atoms with Crippen molar-refractivity contribution >= 4 is 11.9 Å². The highest BCUT2D eigenvalue weighted by molar-refractivity contribution is 5.93. The van der Waals surface area contributed by atoms with Gasteiger partial charge >= 0.3 is 5.97 Å². The summed E-state index contributed by atoms with van der Waals surface area (Å²) < 4.78 is 25.4. The molecule has 156 valence electrons. The predicted molar refractivity (Wildman–Crippen MR) is 110 cm³/mol. The Morgan fingerprint density at radius 3 is 2.50 bits per heavy atom. The van der Waals surface area contributed by atoms with Crippen molar-refractivity contribution in [1.82, 2.24) is 9.88 Å². The molecule has 6 nitrogen and oxygen atoms in total. The molecule has 0 saturated heterocycles. The molecular weight excluding hydrogens is 387 g/mol. The van der Waals surface area contributed by atoms with Crippen molar-refractivity contribution in [2.45, 2.75) is 20.4 Å². The molecule has 0 unspecified atom stereocenters. The number of aryl methyl sites for hydroxylation is 1. The van der Waals surface area contributed by atoms with Crippen molar-refractivity contribution < 1.29 is 23.5 Å². The Morgan fingerprint density at radius 1 is 1.07 bits per heavy atom. The van der Waals surface area contributed by atoms with Gasteiger partial charge in [-0.15, -0.1) is 0 Å². The van der Waals surface area contributed by atoms with Crippen molar-refractivity contribution in [3.8, 4) is 11.4 Å². The van der Waals surface area contributed by atoms with Crippen LogP contribution in [-0.2, 0) is 16.1 Å². The third-order valence-corrected chi connectivity index (χ3v) is 4.69. The molecule has 30 heavy (non-hydrogen) atoms. The molecule has 0 aliphatic rings. The highest BCUT2D eigenvalue weighted by atomic mass is 19.1. The van der Waals surface area contributed by atoms with Gasteiger partial charge < -0.3 is 19.4 Å². The van der Waals surface area contributed by atoms with Crippen molar-refractivity contribution in [3.05, 3.63) is 82.9 Å². The van der Waals surface area contributed by atoms with Crippen LogP contribution in [0.15, 0.2) is 54.6 Å². The van der Waals surface area contributed by atoms with E-state index in [0.29, 0.717) is 23.6 Å². The SMILES string of the molecule is COc1cccc(CNC(=O)COC(=O)c2cc(C)n(-c3ccc(F)cc3)c2C)c1. The molecule has 7 heteroatoms. The summed E-state index contributed by atoms with van der Waals surface area (Å²) in [5.41, 5.74) is 3.42. The number of hydrogen-bond donors (Lipinski definition) is 1. The number of esters is 1. The Labute approximate surface area is 174 Å². The van der Waals surface area contributed by atoms with Gasteiger partial charge in [0, 0.05) is 23.6 Å². The second kappa shape index (κ2) is 9.26. The minimum absolute atomic E-state index is 0.298. The van der Waals surface area contributed by atoms with Crippen molar-refractivity contribution in [3.63, 3.8) is 0 Å². The van der Waals surface area contributed by atoms with Crippen molar-refractivity contribution in [2.75, 3.05) is 13.7 Å². The van der Waals surface area contributed by atoms with Crippen LogP contribution in [0.4, 0.5) is 4.39 Å². The molecule has 0 aliphatic heterocycles. The van der Waals surface area contributed by atoms with E-state index in [0.717, 1.165) is 16.9 Å². The number of carbonyl (C=O) groups is 2. The Balaban J connectivity index is 1.60. The molecule has 1 heterocycles. The lowest BCUT2D eigenvalue weighted by molar-refractivity contribution is -0.124. The van der Waals surface area contributed by atoms with E-state index in [2.05, 4.69) is 5.32 Å². The first-order valence-corrected chi connectivity index (χ1v) is 9.40. The lowest BCUT2D eigenvalue weighted by Gasteiger charge is -2.10. The van der Waals surface area contributed by atoms with E-state index >= 15 is 0 Å². The molecule has 3 aromatic rings. The minimum atomic E-state index is -0.590. The summed E-state index contributed by atoms with van der Waals surface area (Å²) in [5, 5.41) is 2.71. The molecule has 0 atom stereocenters. The number of methoxy groups -OCH3 is 1. The van der Waals surface area contributed by atoms with E-state index in [4.69, 9.17) is 9.47 Å². The number of nitrogens with one attached hydrogen (secondary N) is 1. The molecule has 0 fully saturated rings. The summed E-state index contributed by atoms with van der Waals surface area (Å²) in [6.45, 7) is 3.53. The average molecular weight is 410 g/mol. The van der Waals surface area contributed by atoms with Crippen LogP contribution in [0.1, 0.15) is 27.3 Å². The number of carbonyl (C=O) groups excluding carboxylic acids is 2. The second-order valence-corrected chi connectivity index (χ2v) is 6.80. The van der Waals surface area contributed by atoms with E-state index in [1.807, 2.05) is 35.8 Å². The summed E-state index contributed by atoms with van der Waals surface area (Å²) >= 11 is 0. The van der Waals surface area contributed by atoms with Gasteiger partial charge in [0.2, 0.25) is 0 Å². The largest absolute Gasteiger partial charge is 0.497 e. The first-order chi connectivity index (χ1) is 14.4. The van der Waals surface area contributed by atoms with Crippen LogP contribution >= 0.6 is 0 Å². The Kier molecular flexibility index (Phi) is 6.51. The van der Waals surface area contributed by atoms with E-state index in [1.54, 1.807) is 32.2 Å². The van der Waals surface area contributed by atoms with Crippen molar-refractivity contribution in [1.29, 1.82) is 0 Å². The van der Waals surface area contributed by atoms with E-state index in [-0.39, 0.29) is 12.4 Å². The monoisotopic (exact) mass is 410 g/mol. The van der Waals surface area contributed by atoms with Gasteiger partial charge in [0.15, 0.2) is 6.61 Å². The van der Waals surface area contributed by atoms with E-state index in [9.17, 15) is 14.0 Å². The van der Waals surface area contributed by atoms with Crippen LogP contribution in [0.25, 0.3) is 5.69 Å². The summed E-state index contributed by atoms with van der Waals surface area (Å²) in [4.78, 5) is 24.5. The highest BCUT2D eigenvalue weighted by Crippen LogP contribution is 2.21. The molecule has 2 aromatic carbocycles. The van der Waals surface area contributed by atoms with Gasteiger partial charge in [0.1, 0.15) is 11.6 Å². The second-order valence-electron chi connectivity index (χ2n) is 6.80. The summed E-state index contributed by atoms with van der Waals surface area (Å²) in [6, 6.07) is 15.0. The summed E-state index contributed by atoms with van der Waals surface area (Å²) in [5.74, 6) is -0.628. The molecule has 3 rings (SSSR count).